The molecule has 1 fully saturated rings. The molecule has 1 aliphatic rings. The van der Waals surface area contributed by atoms with Gasteiger partial charge in [-0.1, -0.05) is 13.0 Å². The maximum absolute atomic E-state index is 5.45. The van der Waals surface area contributed by atoms with Crippen molar-refractivity contribution in [2.24, 2.45) is 5.92 Å². The van der Waals surface area contributed by atoms with Gasteiger partial charge in [0.15, 0.2) is 0 Å². The van der Waals surface area contributed by atoms with Crippen LogP contribution >= 0.6 is 0 Å². The van der Waals surface area contributed by atoms with Crippen LogP contribution in [0.5, 0.6) is 5.88 Å². The fraction of sp³-hybridized carbons (Fsp3) is 0.643. The van der Waals surface area contributed by atoms with Gasteiger partial charge in [0, 0.05) is 31.5 Å². The summed E-state index contributed by atoms with van der Waals surface area (Å²) < 4.78 is 10.5. The summed E-state index contributed by atoms with van der Waals surface area (Å²) in [6.45, 7) is 4.88. The van der Waals surface area contributed by atoms with E-state index in [1.807, 2.05) is 12.3 Å². The second-order valence-corrected chi connectivity index (χ2v) is 4.73. The molecular formula is C14H22N2O2. The molecule has 4 nitrogen and oxygen atoms in total. The standard InChI is InChI=1S/C14H22N2O2/c1-3-13(12-6-7-18-10-12)15-8-11-4-5-14(17-2)16-9-11/h4-5,9,12-13,15H,3,6-8,10H2,1-2H3. The molecule has 1 N–H and O–H groups in total. The average molecular weight is 250 g/mol. The van der Waals surface area contributed by atoms with E-state index in [1.54, 1.807) is 7.11 Å². The van der Waals surface area contributed by atoms with E-state index in [1.165, 1.54) is 12.0 Å². The van der Waals surface area contributed by atoms with Crippen LogP contribution in [0.15, 0.2) is 18.3 Å². The highest BCUT2D eigenvalue weighted by molar-refractivity contribution is 5.17. The summed E-state index contributed by atoms with van der Waals surface area (Å²) >= 11 is 0. The lowest BCUT2D eigenvalue weighted by molar-refractivity contribution is 0.175. The molecule has 0 bridgehead atoms. The molecule has 0 aromatic carbocycles. The minimum Gasteiger partial charge on any atom is -0.481 e. The second kappa shape index (κ2) is 6.71. The van der Waals surface area contributed by atoms with E-state index < -0.39 is 0 Å². The minimum atomic E-state index is 0.537. The zero-order valence-electron chi connectivity index (χ0n) is 11.2. The predicted molar refractivity (Wildman–Crippen MR) is 70.6 cm³/mol. The highest BCUT2D eigenvalue weighted by atomic mass is 16.5. The minimum absolute atomic E-state index is 0.537. The van der Waals surface area contributed by atoms with Crippen molar-refractivity contribution < 1.29 is 9.47 Å². The lowest BCUT2D eigenvalue weighted by Crippen LogP contribution is -2.35. The van der Waals surface area contributed by atoms with Crippen LogP contribution in [0, 0.1) is 5.92 Å². The van der Waals surface area contributed by atoms with E-state index in [0.29, 0.717) is 17.8 Å². The first-order valence-corrected chi connectivity index (χ1v) is 6.63. The van der Waals surface area contributed by atoms with Crippen LogP contribution in [0.1, 0.15) is 25.3 Å². The molecule has 1 saturated heterocycles. The van der Waals surface area contributed by atoms with Gasteiger partial charge in [-0.25, -0.2) is 4.98 Å². The molecule has 1 aromatic rings. The van der Waals surface area contributed by atoms with E-state index in [9.17, 15) is 0 Å². The molecule has 1 aliphatic heterocycles. The Bertz CT molecular complexity index is 347. The first kappa shape index (κ1) is 13.3. The second-order valence-electron chi connectivity index (χ2n) is 4.73. The van der Waals surface area contributed by atoms with Crippen LogP contribution in [0.25, 0.3) is 0 Å². The van der Waals surface area contributed by atoms with Crippen molar-refractivity contribution >= 4 is 0 Å². The maximum atomic E-state index is 5.45. The normalized spacial score (nSPS) is 20.9. The third kappa shape index (κ3) is 3.43. The van der Waals surface area contributed by atoms with Crippen LogP contribution in [-0.2, 0) is 11.3 Å². The fourth-order valence-electron chi connectivity index (χ4n) is 2.40. The molecule has 2 heterocycles. The molecule has 18 heavy (non-hydrogen) atoms. The van der Waals surface area contributed by atoms with Gasteiger partial charge in [0.2, 0.25) is 5.88 Å². The number of aromatic nitrogens is 1. The van der Waals surface area contributed by atoms with Gasteiger partial charge < -0.3 is 14.8 Å². The largest absolute Gasteiger partial charge is 0.481 e. The number of pyridine rings is 1. The molecule has 0 radical (unpaired) electrons. The van der Waals surface area contributed by atoms with Gasteiger partial charge in [-0.2, -0.15) is 0 Å². The lowest BCUT2D eigenvalue weighted by Gasteiger charge is -2.22. The number of nitrogens with zero attached hydrogens (tertiary/aromatic N) is 1. The number of nitrogens with one attached hydrogen (secondary N) is 1. The quantitative estimate of drug-likeness (QED) is 0.838. The summed E-state index contributed by atoms with van der Waals surface area (Å²) in [4.78, 5) is 4.21. The van der Waals surface area contributed by atoms with Crippen molar-refractivity contribution in [3.8, 4) is 5.88 Å². The average Bonchev–Trinajstić information content (AvgIpc) is 2.94. The molecule has 0 saturated carbocycles. The smallest absolute Gasteiger partial charge is 0.212 e. The summed E-state index contributed by atoms with van der Waals surface area (Å²) in [7, 11) is 1.63. The van der Waals surface area contributed by atoms with Crippen molar-refractivity contribution in [2.45, 2.75) is 32.4 Å². The molecule has 2 atom stereocenters. The molecule has 2 rings (SSSR count). The van der Waals surface area contributed by atoms with Gasteiger partial charge in [-0.05, 0) is 24.3 Å². The topological polar surface area (TPSA) is 43.4 Å². The summed E-state index contributed by atoms with van der Waals surface area (Å²) in [6.07, 6.45) is 4.17. The number of hydrogen-bond acceptors (Lipinski definition) is 4. The monoisotopic (exact) mass is 250 g/mol. The Morgan fingerprint density at radius 3 is 3.00 bits per heavy atom. The Morgan fingerprint density at radius 1 is 1.56 bits per heavy atom. The van der Waals surface area contributed by atoms with Crippen molar-refractivity contribution in [3.63, 3.8) is 0 Å². The molecule has 2 unspecified atom stereocenters. The molecular weight excluding hydrogens is 228 g/mol. The van der Waals surface area contributed by atoms with E-state index in [0.717, 1.165) is 26.2 Å². The summed E-state index contributed by atoms with van der Waals surface area (Å²) in [5.74, 6) is 1.32. The van der Waals surface area contributed by atoms with Crippen molar-refractivity contribution in [1.29, 1.82) is 0 Å². The molecule has 4 heteroatoms. The summed E-state index contributed by atoms with van der Waals surface area (Å²) in [5.41, 5.74) is 1.19. The fourth-order valence-corrected chi connectivity index (χ4v) is 2.40. The predicted octanol–water partition coefficient (Wildman–Crippen LogP) is 1.99. The van der Waals surface area contributed by atoms with Crippen LogP contribution in [-0.4, -0.2) is 31.3 Å². The SMILES string of the molecule is CCC(NCc1ccc(OC)nc1)C1CCOC1. The van der Waals surface area contributed by atoms with Crippen molar-refractivity contribution in [1.82, 2.24) is 10.3 Å². The van der Waals surface area contributed by atoms with E-state index in [-0.39, 0.29) is 0 Å². The summed E-state index contributed by atoms with van der Waals surface area (Å²) in [6, 6.07) is 4.49. The molecule has 1 aromatic heterocycles. The zero-order valence-corrected chi connectivity index (χ0v) is 11.2. The van der Waals surface area contributed by atoms with Crippen molar-refractivity contribution in [3.05, 3.63) is 23.9 Å². The van der Waals surface area contributed by atoms with Gasteiger partial charge in [0.25, 0.3) is 0 Å². The number of ether oxygens (including phenoxy) is 2. The Hall–Kier alpha value is -1.13. The van der Waals surface area contributed by atoms with Gasteiger partial charge in [0.05, 0.1) is 13.7 Å². The third-order valence-electron chi connectivity index (χ3n) is 3.55. The molecule has 0 spiro atoms. The van der Waals surface area contributed by atoms with E-state index >= 15 is 0 Å². The number of methoxy groups -OCH3 is 1. The van der Waals surface area contributed by atoms with Crippen LogP contribution in [0.2, 0.25) is 0 Å². The van der Waals surface area contributed by atoms with Crippen LogP contribution in [0.4, 0.5) is 0 Å². The Labute approximate surface area is 109 Å². The zero-order chi connectivity index (χ0) is 12.8. The first-order chi connectivity index (χ1) is 8.83. The highest BCUT2D eigenvalue weighted by Gasteiger charge is 2.23. The number of hydrogen-bond donors (Lipinski definition) is 1. The van der Waals surface area contributed by atoms with Gasteiger partial charge in [-0.15, -0.1) is 0 Å². The molecule has 0 amide bonds. The van der Waals surface area contributed by atoms with E-state index in [2.05, 4.69) is 23.3 Å². The van der Waals surface area contributed by atoms with Gasteiger partial charge >= 0.3 is 0 Å². The van der Waals surface area contributed by atoms with Gasteiger partial charge in [0.1, 0.15) is 0 Å². The van der Waals surface area contributed by atoms with Crippen LogP contribution < -0.4 is 10.1 Å². The Balaban J connectivity index is 1.84. The molecule has 0 aliphatic carbocycles. The maximum Gasteiger partial charge on any atom is 0.212 e. The lowest BCUT2D eigenvalue weighted by atomic mass is 9.96. The van der Waals surface area contributed by atoms with Crippen molar-refractivity contribution in [2.75, 3.05) is 20.3 Å². The first-order valence-electron chi connectivity index (χ1n) is 6.63. The number of rotatable bonds is 6. The van der Waals surface area contributed by atoms with Crippen LogP contribution in [0.3, 0.4) is 0 Å². The summed E-state index contributed by atoms with van der Waals surface area (Å²) in [5, 5.41) is 3.60. The van der Waals surface area contributed by atoms with E-state index in [4.69, 9.17) is 9.47 Å². The highest BCUT2D eigenvalue weighted by Crippen LogP contribution is 2.19. The third-order valence-corrected chi connectivity index (χ3v) is 3.55. The molecule has 100 valence electrons. The Morgan fingerprint density at radius 2 is 2.44 bits per heavy atom. The van der Waals surface area contributed by atoms with Gasteiger partial charge in [-0.3, -0.25) is 0 Å². The Kier molecular flexibility index (Phi) is 4.96.